The van der Waals surface area contributed by atoms with E-state index in [1.807, 2.05) is 0 Å². The molecular formula is C14H29NO5SSi. The minimum Gasteiger partial charge on any atom is -0.480 e. The summed E-state index contributed by atoms with van der Waals surface area (Å²) in [4.78, 5) is 13.4. The summed E-state index contributed by atoms with van der Waals surface area (Å²) in [6.07, 6.45) is -0.473. The van der Waals surface area contributed by atoms with Crippen molar-refractivity contribution in [3.8, 4) is 0 Å². The molecule has 1 N–H and O–H groups in total. The topological polar surface area (TPSA) is 83.9 Å². The molecule has 1 saturated heterocycles. The highest BCUT2D eigenvalue weighted by Crippen LogP contribution is 2.37. The third-order valence-electron chi connectivity index (χ3n) is 4.76. The van der Waals surface area contributed by atoms with Crippen molar-refractivity contribution in [1.29, 1.82) is 0 Å². The third kappa shape index (κ3) is 4.77. The molecule has 0 unspecified atom stereocenters. The van der Waals surface area contributed by atoms with Gasteiger partial charge in [0.25, 0.3) is 0 Å². The Kier molecular flexibility index (Phi) is 5.87. The Bertz CT molecular complexity index is 498. The molecule has 0 spiro atoms. The Balaban J connectivity index is 2.86. The van der Waals surface area contributed by atoms with E-state index in [0.717, 1.165) is 0 Å². The Hall–Kier alpha value is -0.443. The maximum Gasteiger partial charge on any atom is 0.323 e. The fraction of sp³-hybridized carbons (Fsp3) is 0.929. The molecule has 1 rings (SSSR count). The van der Waals surface area contributed by atoms with Crippen LogP contribution in [-0.4, -0.2) is 69.5 Å². The van der Waals surface area contributed by atoms with Gasteiger partial charge in [-0.25, -0.2) is 8.42 Å². The minimum atomic E-state index is -3.03. The summed E-state index contributed by atoms with van der Waals surface area (Å²) in [6.45, 7) is 12.8. The van der Waals surface area contributed by atoms with E-state index in [1.165, 1.54) is 0 Å². The van der Waals surface area contributed by atoms with Crippen molar-refractivity contribution in [3.05, 3.63) is 0 Å². The summed E-state index contributed by atoms with van der Waals surface area (Å²) in [5, 5.41) is 9.57. The first-order chi connectivity index (χ1) is 9.77. The molecule has 1 heterocycles. The van der Waals surface area contributed by atoms with Crippen LogP contribution in [0.2, 0.25) is 18.1 Å². The summed E-state index contributed by atoms with van der Waals surface area (Å²) < 4.78 is 29.2. The van der Waals surface area contributed by atoms with Crippen LogP contribution < -0.4 is 0 Å². The molecule has 130 valence electrons. The largest absolute Gasteiger partial charge is 0.480 e. The number of rotatable bonds is 5. The van der Waals surface area contributed by atoms with Crippen molar-refractivity contribution in [2.75, 3.05) is 24.6 Å². The van der Waals surface area contributed by atoms with Gasteiger partial charge < -0.3 is 9.53 Å². The van der Waals surface area contributed by atoms with Crippen molar-refractivity contribution in [2.24, 2.45) is 0 Å². The number of carbonyl (C=O) groups is 1. The third-order valence-corrected chi connectivity index (χ3v) is 10.9. The van der Waals surface area contributed by atoms with Crippen LogP contribution in [0.3, 0.4) is 0 Å². The van der Waals surface area contributed by atoms with E-state index in [9.17, 15) is 18.3 Å². The van der Waals surface area contributed by atoms with Gasteiger partial charge in [0.15, 0.2) is 18.2 Å². The lowest BCUT2D eigenvalue weighted by atomic mass is 10.1. The summed E-state index contributed by atoms with van der Waals surface area (Å²) in [5.41, 5.74) is 0. The molecule has 0 aromatic carbocycles. The van der Waals surface area contributed by atoms with Gasteiger partial charge in [-0.2, -0.15) is 0 Å². The van der Waals surface area contributed by atoms with Crippen molar-refractivity contribution < 1.29 is 22.7 Å². The molecular weight excluding hydrogens is 322 g/mol. The molecule has 8 heteroatoms. The number of carboxylic acid groups (broad SMARTS) is 1. The van der Waals surface area contributed by atoms with Gasteiger partial charge in [-0.15, -0.1) is 0 Å². The summed E-state index contributed by atoms with van der Waals surface area (Å²) >= 11 is 0. The van der Waals surface area contributed by atoms with Gasteiger partial charge in [-0.3, -0.25) is 9.69 Å². The molecule has 0 radical (unpaired) electrons. The number of hydrogen-bond acceptors (Lipinski definition) is 5. The second-order valence-corrected chi connectivity index (χ2v) is 14.6. The van der Waals surface area contributed by atoms with Crippen LogP contribution in [0.25, 0.3) is 0 Å². The number of nitrogens with zero attached hydrogens (tertiary/aromatic N) is 1. The van der Waals surface area contributed by atoms with Gasteiger partial charge in [-0.05, 0) is 25.1 Å². The zero-order chi connectivity index (χ0) is 17.3. The quantitative estimate of drug-likeness (QED) is 0.757. The highest BCUT2D eigenvalue weighted by molar-refractivity contribution is 7.91. The van der Waals surface area contributed by atoms with E-state index in [-0.39, 0.29) is 29.6 Å². The Morgan fingerprint density at radius 2 is 1.68 bits per heavy atom. The van der Waals surface area contributed by atoms with Crippen LogP contribution >= 0.6 is 0 Å². The van der Waals surface area contributed by atoms with Crippen molar-refractivity contribution >= 4 is 24.1 Å². The molecule has 0 bridgehead atoms. The SMILES string of the molecule is C[C@@H](O[Si](C)(C)C(C)(C)C)[C@@H](C(=O)O)N1CCS(=O)(=O)CC1. The van der Waals surface area contributed by atoms with Gasteiger partial charge in [0, 0.05) is 13.1 Å². The van der Waals surface area contributed by atoms with Crippen molar-refractivity contribution in [2.45, 2.75) is 58.0 Å². The fourth-order valence-corrected chi connectivity index (χ4v) is 5.01. The predicted molar refractivity (Wildman–Crippen MR) is 89.4 cm³/mol. The zero-order valence-corrected chi connectivity index (χ0v) is 16.2. The summed E-state index contributed by atoms with van der Waals surface area (Å²) in [6, 6.07) is -0.801. The van der Waals surface area contributed by atoms with Crippen LogP contribution in [0.5, 0.6) is 0 Å². The average molecular weight is 352 g/mol. The van der Waals surface area contributed by atoms with E-state index in [0.29, 0.717) is 0 Å². The predicted octanol–water partition coefficient (Wildman–Crippen LogP) is 1.58. The molecule has 22 heavy (non-hydrogen) atoms. The van der Waals surface area contributed by atoms with Crippen molar-refractivity contribution in [1.82, 2.24) is 4.90 Å². The molecule has 0 amide bonds. The molecule has 6 nitrogen and oxygen atoms in total. The van der Waals surface area contributed by atoms with Crippen LogP contribution in [0.1, 0.15) is 27.7 Å². The second kappa shape index (κ2) is 6.58. The molecule has 1 aliphatic heterocycles. The van der Waals surface area contributed by atoms with Gasteiger partial charge >= 0.3 is 5.97 Å². The fourth-order valence-electron chi connectivity index (χ4n) is 2.36. The van der Waals surface area contributed by atoms with E-state index in [1.54, 1.807) is 11.8 Å². The highest BCUT2D eigenvalue weighted by Gasteiger charge is 2.43. The lowest BCUT2D eigenvalue weighted by Gasteiger charge is -2.42. The molecule has 2 atom stereocenters. The molecule has 1 fully saturated rings. The Morgan fingerprint density at radius 1 is 1.23 bits per heavy atom. The lowest BCUT2D eigenvalue weighted by Crippen LogP contribution is -2.57. The zero-order valence-electron chi connectivity index (χ0n) is 14.4. The van der Waals surface area contributed by atoms with Crippen LogP contribution in [0, 0.1) is 0 Å². The van der Waals surface area contributed by atoms with E-state index >= 15 is 0 Å². The highest BCUT2D eigenvalue weighted by atomic mass is 32.2. The molecule has 0 aromatic rings. The van der Waals surface area contributed by atoms with Gasteiger partial charge in [0.1, 0.15) is 6.04 Å². The maximum absolute atomic E-state index is 11.7. The van der Waals surface area contributed by atoms with Gasteiger partial charge in [0.2, 0.25) is 0 Å². The number of hydrogen-bond donors (Lipinski definition) is 1. The minimum absolute atomic E-state index is 0.00441. The van der Waals surface area contributed by atoms with E-state index < -0.39 is 36.3 Å². The average Bonchev–Trinajstić information content (AvgIpc) is 2.29. The first-order valence-electron chi connectivity index (χ1n) is 7.62. The normalized spacial score (nSPS) is 23.0. The Labute approximate surface area is 134 Å². The molecule has 0 aromatic heterocycles. The van der Waals surface area contributed by atoms with E-state index in [4.69, 9.17) is 4.43 Å². The lowest BCUT2D eigenvalue weighted by molar-refractivity contribution is -0.146. The molecule has 0 aliphatic carbocycles. The molecule has 1 aliphatic rings. The van der Waals surface area contributed by atoms with Crippen LogP contribution in [-0.2, 0) is 19.1 Å². The smallest absolute Gasteiger partial charge is 0.323 e. The number of aliphatic carboxylic acids is 1. The first kappa shape index (κ1) is 19.6. The molecule has 0 saturated carbocycles. The maximum atomic E-state index is 11.7. The standard InChI is InChI=1S/C14H29NO5SSi/c1-11(20-22(5,6)14(2,3)4)12(13(16)17)15-7-9-21(18,19)10-8-15/h11-12H,7-10H2,1-6H3,(H,16,17)/t11-,12+/m1/s1. The Morgan fingerprint density at radius 3 is 2.05 bits per heavy atom. The number of sulfone groups is 1. The monoisotopic (exact) mass is 351 g/mol. The first-order valence-corrected chi connectivity index (χ1v) is 12.3. The van der Waals surface area contributed by atoms with E-state index in [2.05, 4.69) is 33.9 Å². The van der Waals surface area contributed by atoms with Crippen LogP contribution in [0.15, 0.2) is 0 Å². The van der Waals surface area contributed by atoms with Gasteiger partial charge in [-0.1, -0.05) is 20.8 Å². The van der Waals surface area contributed by atoms with Crippen molar-refractivity contribution in [3.63, 3.8) is 0 Å². The summed E-state index contributed by atoms with van der Waals surface area (Å²) in [7, 11) is -5.10. The summed E-state index contributed by atoms with van der Waals surface area (Å²) in [5.74, 6) is -0.918. The van der Waals surface area contributed by atoms with Gasteiger partial charge in [0.05, 0.1) is 17.6 Å². The number of carboxylic acids is 1. The second-order valence-electron chi connectivity index (χ2n) is 7.55. The van der Waals surface area contributed by atoms with Crippen LogP contribution in [0.4, 0.5) is 0 Å².